The maximum absolute atomic E-state index is 11.8. The van der Waals surface area contributed by atoms with Crippen LogP contribution in [0.15, 0.2) is 25.9 Å². The van der Waals surface area contributed by atoms with Crippen LogP contribution in [-0.4, -0.2) is 20.8 Å². The van der Waals surface area contributed by atoms with Gasteiger partial charge < -0.3 is 5.73 Å². The summed E-state index contributed by atoms with van der Waals surface area (Å²) in [4.78, 5) is 12.9. The molecular weight excluding hydrogens is 360 g/mol. The Hall–Kier alpha value is -0.570. The number of hydrogen-bond donors (Lipinski definition) is 2. The van der Waals surface area contributed by atoms with E-state index in [0.29, 0.717) is 5.16 Å². The molecular formula is C12H17BrN4OS2. The van der Waals surface area contributed by atoms with Crippen molar-refractivity contribution in [3.8, 4) is 0 Å². The Morgan fingerprint density at radius 2 is 2.20 bits per heavy atom. The average molecular weight is 377 g/mol. The number of hydrogen-bond acceptors (Lipinski definition) is 5. The smallest absolute Gasteiger partial charge is 0.327 e. The van der Waals surface area contributed by atoms with Crippen molar-refractivity contribution < 1.29 is 0 Å². The molecule has 0 aromatic carbocycles. The summed E-state index contributed by atoms with van der Waals surface area (Å²) >= 11 is 6.64. The molecule has 3 N–H and O–H groups in total. The number of halogens is 1. The summed E-state index contributed by atoms with van der Waals surface area (Å²) < 4.78 is 2.70. The standard InChI is InChI=1S/C12H17BrN4OS2/c1-6(2)17-11(18)15-16-12(17)20-10(7(3)14)9-4-8(13)5-19-9/h4-7,10H,14H2,1-3H3,(H,15,18). The van der Waals surface area contributed by atoms with E-state index >= 15 is 0 Å². The SMILES string of the molecule is CC(N)C(Sc1n[nH]c(=O)n1C(C)C)c1cc(Br)cs1. The van der Waals surface area contributed by atoms with Crippen LogP contribution in [0, 0.1) is 0 Å². The van der Waals surface area contributed by atoms with Crippen LogP contribution in [0.2, 0.25) is 0 Å². The highest BCUT2D eigenvalue weighted by molar-refractivity contribution is 9.10. The molecule has 0 aliphatic heterocycles. The molecule has 0 fully saturated rings. The normalized spacial score (nSPS) is 14.7. The van der Waals surface area contributed by atoms with Gasteiger partial charge >= 0.3 is 5.69 Å². The fourth-order valence-electron chi connectivity index (χ4n) is 1.84. The van der Waals surface area contributed by atoms with Crippen molar-refractivity contribution in [3.05, 3.63) is 31.3 Å². The van der Waals surface area contributed by atoms with Gasteiger partial charge in [0.25, 0.3) is 0 Å². The number of rotatable bonds is 5. The second-order valence-corrected chi connectivity index (χ2v) is 7.81. The largest absolute Gasteiger partial charge is 0.344 e. The highest BCUT2D eigenvalue weighted by Gasteiger charge is 2.23. The van der Waals surface area contributed by atoms with Gasteiger partial charge in [-0.05, 0) is 42.8 Å². The summed E-state index contributed by atoms with van der Waals surface area (Å²) in [5.74, 6) is 0. The highest BCUT2D eigenvalue weighted by atomic mass is 79.9. The fourth-order valence-corrected chi connectivity index (χ4v) is 4.83. The van der Waals surface area contributed by atoms with Crippen molar-refractivity contribution in [1.29, 1.82) is 0 Å². The van der Waals surface area contributed by atoms with Crippen molar-refractivity contribution in [1.82, 2.24) is 14.8 Å². The monoisotopic (exact) mass is 376 g/mol. The van der Waals surface area contributed by atoms with E-state index in [1.54, 1.807) is 15.9 Å². The van der Waals surface area contributed by atoms with Crippen LogP contribution in [-0.2, 0) is 0 Å². The molecule has 2 rings (SSSR count). The average Bonchev–Trinajstić information content (AvgIpc) is 2.92. The molecule has 110 valence electrons. The molecule has 2 unspecified atom stereocenters. The molecule has 0 aliphatic carbocycles. The maximum atomic E-state index is 11.8. The number of thiophene rings is 1. The van der Waals surface area contributed by atoms with Gasteiger partial charge in [-0.1, -0.05) is 11.8 Å². The van der Waals surface area contributed by atoms with Crippen molar-refractivity contribution in [2.75, 3.05) is 0 Å². The van der Waals surface area contributed by atoms with E-state index in [1.165, 1.54) is 16.6 Å². The Bertz CT molecular complexity index is 631. The summed E-state index contributed by atoms with van der Waals surface area (Å²) in [6, 6.07) is 2.08. The molecule has 20 heavy (non-hydrogen) atoms. The minimum atomic E-state index is -0.182. The Morgan fingerprint density at radius 1 is 1.50 bits per heavy atom. The van der Waals surface area contributed by atoms with Gasteiger partial charge in [-0.15, -0.1) is 16.4 Å². The molecule has 2 atom stereocenters. The molecule has 2 aromatic rings. The summed E-state index contributed by atoms with van der Waals surface area (Å²) in [5, 5.41) is 9.41. The molecule has 8 heteroatoms. The number of aromatic nitrogens is 3. The van der Waals surface area contributed by atoms with E-state index in [4.69, 9.17) is 5.73 Å². The van der Waals surface area contributed by atoms with E-state index < -0.39 is 0 Å². The minimum Gasteiger partial charge on any atom is -0.327 e. The highest BCUT2D eigenvalue weighted by Crippen LogP contribution is 2.40. The number of thioether (sulfide) groups is 1. The second-order valence-electron chi connectivity index (χ2n) is 4.84. The molecule has 0 amide bonds. The van der Waals surface area contributed by atoms with E-state index in [1.807, 2.05) is 26.2 Å². The number of H-pyrrole nitrogens is 1. The van der Waals surface area contributed by atoms with Crippen LogP contribution >= 0.6 is 39.0 Å². The van der Waals surface area contributed by atoms with Crippen LogP contribution in [0.3, 0.4) is 0 Å². The lowest BCUT2D eigenvalue weighted by Gasteiger charge is -2.19. The third-order valence-corrected chi connectivity index (χ3v) is 6.13. The van der Waals surface area contributed by atoms with Gasteiger partial charge in [0.2, 0.25) is 0 Å². The first-order valence-corrected chi connectivity index (χ1v) is 8.78. The molecule has 0 saturated carbocycles. The van der Waals surface area contributed by atoms with Gasteiger partial charge in [0, 0.05) is 26.8 Å². The molecule has 0 saturated heterocycles. The lowest BCUT2D eigenvalue weighted by atomic mass is 10.2. The zero-order valence-electron chi connectivity index (χ0n) is 11.5. The van der Waals surface area contributed by atoms with Gasteiger partial charge in [0.05, 0.1) is 5.25 Å². The molecule has 0 bridgehead atoms. The third kappa shape index (κ3) is 3.36. The Labute approximate surface area is 134 Å². The van der Waals surface area contributed by atoms with Gasteiger partial charge in [0.1, 0.15) is 0 Å². The molecule has 0 aliphatic rings. The van der Waals surface area contributed by atoms with E-state index in [-0.39, 0.29) is 23.0 Å². The van der Waals surface area contributed by atoms with Crippen LogP contribution in [0.5, 0.6) is 0 Å². The van der Waals surface area contributed by atoms with E-state index in [0.717, 1.165) is 4.47 Å². The first kappa shape index (κ1) is 15.8. The summed E-state index contributed by atoms with van der Waals surface area (Å²) in [7, 11) is 0. The van der Waals surface area contributed by atoms with Crippen LogP contribution < -0.4 is 11.4 Å². The van der Waals surface area contributed by atoms with Gasteiger partial charge in [-0.2, -0.15) is 0 Å². The zero-order valence-corrected chi connectivity index (χ0v) is 14.7. The first-order chi connectivity index (χ1) is 9.40. The molecule has 0 spiro atoms. The Morgan fingerprint density at radius 3 is 2.70 bits per heavy atom. The van der Waals surface area contributed by atoms with Gasteiger partial charge in [-0.25, -0.2) is 9.89 Å². The van der Waals surface area contributed by atoms with E-state index in [9.17, 15) is 4.79 Å². The second kappa shape index (κ2) is 6.46. The number of nitrogens with two attached hydrogens (primary N) is 1. The van der Waals surface area contributed by atoms with Crippen LogP contribution in [0.25, 0.3) is 0 Å². The summed E-state index contributed by atoms with van der Waals surface area (Å²) in [6.07, 6.45) is 0. The first-order valence-electron chi connectivity index (χ1n) is 6.23. The number of aromatic amines is 1. The predicted molar refractivity (Wildman–Crippen MR) is 87.5 cm³/mol. The van der Waals surface area contributed by atoms with Crippen molar-refractivity contribution in [2.24, 2.45) is 5.73 Å². The lowest BCUT2D eigenvalue weighted by molar-refractivity contribution is 0.532. The molecule has 0 radical (unpaired) electrons. The van der Waals surface area contributed by atoms with Gasteiger partial charge in [-0.3, -0.25) is 4.57 Å². The number of nitrogens with one attached hydrogen (secondary N) is 1. The van der Waals surface area contributed by atoms with Crippen molar-refractivity contribution in [2.45, 2.75) is 43.3 Å². The van der Waals surface area contributed by atoms with Gasteiger partial charge in [0.15, 0.2) is 5.16 Å². The number of nitrogens with zero attached hydrogens (tertiary/aromatic N) is 2. The lowest BCUT2D eigenvalue weighted by Crippen LogP contribution is -2.24. The maximum Gasteiger partial charge on any atom is 0.344 e. The van der Waals surface area contributed by atoms with Crippen molar-refractivity contribution in [3.63, 3.8) is 0 Å². The Balaban J connectivity index is 2.32. The van der Waals surface area contributed by atoms with E-state index in [2.05, 4.69) is 32.2 Å². The zero-order chi connectivity index (χ0) is 14.9. The minimum absolute atomic E-state index is 0.0436. The van der Waals surface area contributed by atoms with Crippen molar-refractivity contribution >= 4 is 39.0 Å². The quantitative estimate of drug-likeness (QED) is 0.785. The Kier molecular flexibility index (Phi) is 5.11. The molecule has 5 nitrogen and oxygen atoms in total. The fraction of sp³-hybridized carbons (Fsp3) is 0.500. The van der Waals surface area contributed by atoms with Crippen LogP contribution in [0.4, 0.5) is 0 Å². The molecule has 2 aromatic heterocycles. The summed E-state index contributed by atoms with van der Waals surface area (Å²) in [6.45, 7) is 5.89. The van der Waals surface area contributed by atoms with Crippen LogP contribution in [0.1, 0.15) is 36.9 Å². The molecule has 2 heterocycles. The third-order valence-electron chi connectivity index (χ3n) is 2.77. The summed E-state index contributed by atoms with van der Waals surface area (Å²) in [5.41, 5.74) is 5.92. The predicted octanol–water partition coefficient (Wildman–Crippen LogP) is 3.16. The topological polar surface area (TPSA) is 76.7 Å².